The molecule has 2 nitrogen and oxygen atoms in total. The Labute approximate surface area is 153 Å². The van der Waals surface area contributed by atoms with Gasteiger partial charge in [0.05, 0.1) is 6.61 Å². The third kappa shape index (κ3) is 19.9. The second kappa shape index (κ2) is 20.0. The number of unbranched alkanes of at least 4 members (excludes halogenated alkanes) is 15. The van der Waals surface area contributed by atoms with E-state index in [4.69, 9.17) is 4.74 Å². The van der Waals surface area contributed by atoms with Gasteiger partial charge in [-0.05, 0) is 6.42 Å². The number of hydrogen-bond donors (Lipinski definition) is 0. The summed E-state index contributed by atoms with van der Waals surface area (Å²) in [7, 11) is 0. The number of halogens is 1. The van der Waals surface area contributed by atoms with Gasteiger partial charge in [-0.25, -0.2) is 0 Å². The van der Waals surface area contributed by atoms with Crippen molar-refractivity contribution in [3.8, 4) is 0 Å². The van der Waals surface area contributed by atoms with Gasteiger partial charge in [0, 0.05) is 0 Å². The van der Waals surface area contributed by atoms with Gasteiger partial charge < -0.3 is 4.74 Å². The zero-order chi connectivity index (χ0) is 17.0. The fourth-order valence-electron chi connectivity index (χ4n) is 2.87. The van der Waals surface area contributed by atoms with E-state index in [1.54, 1.807) is 0 Å². The molecular weight excluding hydrogens is 352 g/mol. The van der Waals surface area contributed by atoms with Crippen molar-refractivity contribution in [1.82, 2.24) is 0 Å². The number of rotatable bonds is 18. The van der Waals surface area contributed by atoms with Gasteiger partial charge in [-0.2, -0.15) is 0 Å². The summed E-state index contributed by atoms with van der Waals surface area (Å²) in [4.78, 5) is 10.9. The van der Waals surface area contributed by atoms with Crippen molar-refractivity contribution in [3.63, 3.8) is 0 Å². The van der Waals surface area contributed by atoms with Crippen molar-refractivity contribution in [2.45, 2.75) is 110 Å². The minimum Gasteiger partial charge on any atom is -0.465 e. The lowest BCUT2D eigenvalue weighted by molar-refractivity contribution is -0.140. The third-order valence-corrected chi connectivity index (χ3v) is 4.83. The van der Waals surface area contributed by atoms with Crippen molar-refractivity contribution in [2.75, 3.05) is 11.9 Å². The Bertz CT molecular complexity index is 244. The lowest BCUT2D eigenvalue weighted by Gasteiger charge is -2.04. The summed E-state index contributed by atoms with van der Waals surface area (Å²) >= 11 is 3.09. The highest BCUT2D eigenvalue weighted by Crippen LogP contribution is 2.13. The zero-order valence-corrected chi connectivity index (χ0v) is 17.0. The summed E-state index contributed by atoms with van der Waals surface area (Å²) in [5.74, 6) is -0.147. The molecule has 0 aliphatic carbocycles. The quantitative estimate of drug-likeness (QED) is 0.140. The van der Waals surface area contributed by atoms with Crippen LogP contribution in [0.15, 0.2) is 0 Å². The highest BCUT2D eigenvalue weighted by atomic mass is 79.9. The summed E-state index contributed by atoms with van der Waals surface area (Å²) in [6, 6.07) is 0. The summed E-state index contributed by atoms with van der Waals surface area (Å²) in [5, 5.41) is 0.311. The standard InChI is InChI=1S/C20H39BrO2/c1-2-3-4-5-6-7-8-9-10-11-12-13-14-15-16-17-18-23-20(22)19-21/h2-19H2,1H3. The minimum absolute atomic E-state index is 0.147. The molecule has 138 valence electrons. The third-order valence-electron chi connectivity index (χ3n) is 4.37. The molecule has 0 rings (SSSR count). The van der Waals surface area contributed by atoms with E-state index in [0.717, 1.165) is 6.42 Å². The molecule has 0 saturated carbocycles. The SMILES string of the molecule is CCCCCCCCCCCCCCCCCCOC(=O)CBr. The Balaban J connectivity index is 2.99. The van der Waals surface area contributed by atoms with Crippen molar-refractivity contribution in [2.24, 2.45) is 0 Å². The normalized spacial score (nSPS) is 10.9. The van der Waals surface area contributed by atoms with Gasteiger partial charge in [-0.3, -0.25) is 4.79 Å². The number of ether oxygens (including phenoxy) is 1. The summed E-state index contributed by atoms with van der Waals surface area (Å²) in [6.45, 7) is 2.87. The van der Waals surface area contributed by atoms with Gasteiger partial charge in [0.1, 0.15) is 5.33 Å². The molecule has 0 aliphatic rings. The zero-order valence-electron chi connectivity index (χ0n) is 15.4. The summed E-state index contributed by atoms with van der Waals surface area (Å²) in [5.41, 5.74) is 0. The van der Waals surface area contributed by atoms with Crippen LogP contribution in [0, 0.1) is 0 Å². The van der Waals surface area contributed by atoms with Crippen LogP contribution in [0.2, 0.25) is 0 Å². The van der Waals surface area contributed by atoms with Crippen LogP contribution < -0.4 is 0 Å². The predicted molar refractivity (Wildman–Crippen MR) is 104 cm³/mol. The first kappa shape index (κ1) is 22.9. The Kier molecular flexibility index (Phi) is 20.0. The first-order chi connectivity index (χ1) is 11.3. The van der Waals surface area contributed by atoms with E-state index in [-0.39, 0.29) is 5.97 Å². The molecule has 0 spiro atoms. The topological polar surface area (TPSA) is 26.3 Å². The maximum absolute atomic E-state index is 10.9. The Morgan fingerprint density at radius 2 is 1.00 bits per heavy atom. The molecule has 0 atom stereocenters. The molecule has 0 radical (unpaired) electrons. The van der Waals surface area contributed by atoms with Crippen molar-refractivity contribution < 1.29 is 9.53 Å². The number of hydrogen-bond acceptors (Lipinski definition) is 2. The molecule has 0 unspecified atom stereocenters. The number of carbonyl (C=O) groups excluding carboxylic acids is 1. The van der Waals surface area contributed by atoms with E-state index in [1.807, 2.05) is 0 Å². The van der Waals surface area contributed by atoms with Crippen molar-refractivity contribution in [1.29, 1.82) is 0 Å². The van der Waals surface area contributed by atoms with Gasteiger partial charge in [-0.15, -0.1) is 0 Å². The van der Waals surface area contributed by atoms with Gasteiger partial charge >= 0.3 is 5.97 Å². The molecule has 0 bridgehead atoms. The molecular formula is C20H39BrO2. The van der Waals surface area contributed by atoms with Crippen LogP contribution in [-0.2, 0) is 9.53 Å². The summed E-state index contributed by atoms with van der Waals surface area (Å²) < 4.78 is 5.02. The lowest BCUT2D eigenvalue weighted by atomic mass is 10.0. The van der Waals surface area contributed by atoms with Gasteiger partial charge in [0.2, 0.25) is 0 Å². The second-order valence-electron chi connectivity index (χ2n) is 6.66. The molecule has 23 heavy (non-hydrogen) atoms. The number of carbonyl (C=O) groups is 1. The Hall–Kier alpha value is -0.0500. The molecule has 0 N–H and O–H groups in total. The highest BCUT2D eigenvalue weighted by molar-refractivity contribution is 9.09. The molecule has 0 aromatic rings. The van der Waals surface area contributed by atoms with Crippen molar-refractivity contribution in [3.05, 3.63) is 0 Å². The highest BCUT2D eigenvalue weighted by Gasteiger charge is 1.98. The maximum Gasteiger partial charge on any atom is 0.316 e. The van der Waals surface area contributed by atoms with Crippen LogP contribution in [0.25, 0.3) is 0 Å². The van der Waals surface area contributed by atoms with E-state index in [0.29, 0.717) is 11.9 Å². The van der Waals surface area contributed by atoms with E-state index in [2.05, 4.69) is 22.9 Å². The van der Waals surface area contributed by atoms with Crippen LogP contribution in [-0.4, -0.2) is 17.9 Å². The number of alkyl halides is 1. The van der Waals surface area contributed by atoms with Crippen LogP contribution in [0.4, 0.5) is 0 Å². The van der Waals surface area contributed by atoms with Crippen LogP contribution in [0.1, 0.15) is 110 Å². The first-order valence-electron chi connectivity index (χ1n) is 10.0. The molecule has 0 heterocycles. The average Bonchev–Trinajstić information content (AvgIpc) is 2.57. The molecule has 0 saturated heterocycles. The smallest absolute Gasteiger partial charge is 0.316 e. The van der Waals surface area contributed by atoms with Crippen LogP contribution >= 0.6 is 15.9 Å². The van der Waals surface area contributed by atoms with Crippen LogP contribution in [0.3, 0.4) is 0 Å². The van der Waals surface area contributed by atoms with E-state index < -0.39 is 0 Å². The summed E-state index contributed by atoms with van der Waals surface area (Å²) in [6.07, 6.45) is 21.9. The monoisotopic (exact) mass is 390 g/mol. The fraction of sp³-hybridized carbons (Fsp3) is 0.950. The van der Waals surface area contributed by atoms with Gasteiger partial charge in [0.15, 0.2) is 0 Å². The molecule has 0 aromatic carbocycles. The van der Waals surface area contributed by atoms with Crippen molar-refractivity contribution >= 4 is 21.9 Å². The minimum atomic E-state index is -0.147. The largest absolute Gasteiger partial charge is 0.465 e. The van der Waals surface area contributed by atoms with Gasteiger partial charge in [0.25, 0.3) is 0 Å². The number of esters is 1. The Morgan fingerprint density at radius 1 is 0.652 bits per heavy atom. The fourth-order valence-corrected chi connectivity index (χ4v) is 3.04. The predicted octanol–water partition coefficient (Wildman–Crippen LogP) is 7.19. The van der Waals surface area contributed by atoms with E-state index in [9.17, 15) is 4.79 Å². The molecule has 0 amide bonds. The molecule has 0 aliphatic heterocycles. The van der Waals surface area contributed by atoms with E-state index >= 15 is 0 Å². The second-order valence-corrected chi connectivity index (χ2v) is 7.22. The van der Waals surface area contributed by atoms with Crippen LogP contribution in [0.5, 0.6) is 0 Å². The van der Waals surface area contributed by atoms with Gasteiger partial charge in [-0.1, -0.05) is 119 Å². The maximum atomic E-state index is 10.9. The first-order valence-corrected chi connectivity index (χ1v) is 11.1. The Morgan fingerprint density at radius 3 is 1.35 bits per heavy atom. The molecule has 0 fully saturated rings. The van der Waals surface area contributed by atoms with E-state index in [1.165, 1.54) is 96.3 Å². The lowest BCUT2D eigenvalue weighted by Crippen LogP contribution is -2.06. The molecule has 3 heteroatoms. The molecule has 0 aromatic heterocycles. The average molecular weight is 391 g/mol.